The molecule has 2 rings (SSSR count). The Morgan fingerprint density at radius 1 is 1.57 bits per heavy atom. The zero-order valence-corrected chi connectivity index (χ0v) is 8.82. The molecule has 2 nitrogen and oxygen atoms in total. The van der Waals surface area contributed by atoms with Gasteiger partial charge in [-0.15, -0.1) is 0 Å². The quantitative estimate of drug-likeness (QED) is 0.670. The van der Waals surface area contributed by atoms with E-state index in [4.69, 9.17) is 0 Å². The van der Waals surface area contributed by atoms with Crippen LogP contribution in [0.3, 0.4) is 0 Å². The summed E-state index contributed by atoms with van der Waals surface area (Å²) in [5.74, 6) is -2.35. The largest absolute Gasteiger partial charge is 0.338 e. The van der Waals surface area contributed by atoms with Crippen molar-refractivity contribution in [2.24, 2.45) is 5.92 Å². The van der Waals surface area contributed by atoms with Gasteiger partial charge in [-0.2, -0.15) is 11.8 Å². The van der Waals surface area contributed by atoms with Gasteiger partial charge in [0.1, 0.15) is 5.92 Å². The molecule has 1 aliphatic heterocycles. The first-order chi connectivity index (χ1) is 6.52. The topological polar surface area (TPSA) is 20.3 Å². The molecule has 0 aromatic carbocycles. The van der Waals surface area contributed by atoms with Crippen LogP contribution < -0.4 is 0 Å². The molecule has 5 heteroatoms. The molecule has 1 saturated heterocycles. The third-order valence-electron chi connectivity index (χ3n) is 2.77. The van der Waals surface area contributed by atoms with Crippen LogP contribution in [0.1, 0.15) is 13.3 Å². The van der Waals surface area contributed by atoms with Gasteiger partial charge < -0.3 is 4.90 Å². The van der Waals surface area contributed by atoms with Gasteiger partial charge in [-0.05, 0) is 6.92 Å². The highest BCUT2D eigenvalue weighted by Gasteiger charge is 2.62. The fourth-order valence-corrected chi connectivity index (χ4v) is 2.75. The van der Waals surface area contributed by atoms with Gasteiger partial charge in [0.15, 0.2) is 0 Å². The van der Waals surface area contributed by atoms with E-state index >= 15 is 0 Å². The van der Waals surface area contributed by atoms with Gasteiger partial charge in [0.2, 0.25) is 5.91 Å². The van der Waals surface area contributed by atoms with Gasteiger partial charge >= 0.3 is 0 Å². The first-order valence-corrected chi connectivity index (χ1v) is 5.94. The summed E-state index contributed by atoms with van der Waals surface area (Å²) in [4.78, 5) is 13.2. The van der Waals surface area contributed by atoms with Crippen molar-refractivity contribution in [2.45, 2.75) is 25.3 Å². The molecule has 1 heterocycles. The molecule has 0 aromatic rings. The summed E-state index contributed by atoms with van der Waals surface area (Å²) in [6.45, 7) is 2.54. The monoisotopic (exact) mass is 221 g/mol. The van der Waals surface area contributed by atoms with E-state index in [1.54, 1.807) is 16.7 Å². The Morgan fingerprint density at radius 3 is 2.71 bits per heavy atom. The van der Waals surface area contributed by atoms with Crippen molar-refractivity contribution in [3.63, 3.8) is 0 Å². The Hall–Kier alpha value is -0.320. The van der Waals surface area contributed by atoms with Gasteiger partial charge in [-0.1, -0.05) is 0 Å². The number of hydrogen-bond acceptors (Lipinski definition) is 2. The van der Waals surface area contributed by atoms with Crippen molar-refractivity contribution >= 4 is 17.7 Å². The van der Waals surface area contributed by atoms with Crippen molar-refractivity contribution in [2.75, 3.05) is 18.1 Å². The standard InChI is InChI=1S/C9H13F2NOS/c1-6-5-14-3-2-12(6)8(13)7-4-9(7,10)11/h6-7H,2-5H2,1H3. The fourth-order valence-electron chi connectivity index (χ4n) is 1.74. The Kier molecular flexibility index (Phi) is 2.45. The lowest BCUT2D eigenvalue weighted by atomic mass is 10.2. The number of alkyl halides is 2. The van der Waals surface area contributed by atoms with Gasteiger partial charge in [0.25, 0.3) is 5.92 Å². The maximum atomic E-state index is 12.7. The molecule has 0 aromatic heterocycles. The minimum absolute atomic E-state index is 0.109. The number of thioether (sulfide) groups is 1. The zero-order chi connectivity index (χ0) is 10.3. The Labute approximate surface area is 86.0 Å². The average molecular weight is 221 g/mol. The summed E-state index contributed by atoms with van der Waals surface area (Å²) in [7, 11) is 0. The molecule has 1 saturated carbocycles. The van der Waals surface area contributed by atoms with Crippen LogP contribution in [-0.2, 0) is 4.79 Å². The SMILES string of the molecule is CC1CSCCN1C(=O)C1CC1(F)F. The number of amides is 1. The molecule has 2 aliphatic rings. The Balaban J connectivity index is 1.97. The van der Waals surface area contributed by atoms with Crippen LogP contribution in [0.5, 0.6) is 0 Å². The summed E-state index contributed by atoms with van der Waals surface area (Å²) >= 11 is 1.77. The number of halogens is 2. The highest BCUT2D eigenvalue weighted by Crippen LogP contribution is 2.49. The van der Waals surface area contributed by atoms with Gasteiger partial charge in [0, 0.05) is 30.5 Å². The van der Waals surface area contributed by atoms with E-state index in [0.717, 1.165) is 11.5 Å². The van der Waals surface area contributed by atoms with E-state index in [1.807, 2.05) is 6.92 Å². The smallest absolute Gasteiger partial charge is 0.260 e. The third kappa shape index (κ3) is 1.74. The molecule has 1 aliphatic carbocycles. The van der Waals surface area contributed by atoms with Crippen LogP contribution in [0.4, 0.5) is 8.78 Å². The molecular formula is C9H13F2NOS. The molecule has 0 bridgehead atoms. The second-order valence-electron chi connectivity index (χ2n) is 3.97. The van der Waals surface area contributed by atoms with Crippen LogP contribution in [0.25, 0.3) is 0 Å². The van der Waals surface area contributed by atoms with E-state index in [9.17, 15) is 13.6 Å². The van der Waals surface area contributed by atoms with Crippen molar-refractivity contribution < 1.29 is 13.6 Å². The predicted octanol–water partition coefficient (Wildman–Crippen LogP) is 1.61. The predicted molar refractivity (Wildman–Crippen MR) is 51.6 cm³/mol. The summed E-state index contributed by atoms with van der Waals surface area (Å²) in [5, 5.41) is 0. The lowest BCUT2D eigenvalue weighted by molar-refractivity contribution is -0.136. The minimum atomic E-state index is -2.72. The first kappa shape index (κ1) is 10.2. The highest BCUT2D eigenvalue weighted by molar-refractivity contribution is 7.99. The van der Waals surface area contributed by atoms with E-state index < -0.39 is 11.8 Å². The molecule has 14 heavy (non-hydrogen) atoms. The highest BCUT2D eigenvalue weighted by atomic mass is 32.2. The van der Waals surface area contributed by atoms with Gasteiger partial charge in [-0.25, -0.2) is 8.78 Å². The summed E-state index contributed by atoms with van der Waals surface area (Å²) in [6.07, 6.45) is -0.248. The molecule has 0 radical (unpaired) electrons. The van der Waals surface area contributed by atoms with Crippen molar-refractivity contribution in [1.82, 2.24) is 4.90 Å². The number of carbonyl (C=O) groups excluding carboxylic acids is 1. The molecule has 2 unspecified atom stereocenters. The number of rotatable bonds is 1. The number of hydrogen-bond donors (Lipinski definition) is 0. The van der Waals surface area contributed by atoms with Crippen molar-refractivity contribution in [3.8, 4) is 0 Å². The van der Waals surface area contributed by atoms with Crippen LogP contribution in [0, 0.1) is 5.92 Å². The molecular weight excluding hydrogens is 208 g/mol. The van der Waals surface area contributed by atoms with E-state index in [-0.39, 0.29) is 18.4 Å². The summed E-state index contributed by atoms with van der Waals surface area (Å²) < 4.78 is 25.4. The van der Waals surface area contributed by atoms with E-state index in [0.29, 0.717) is 6.54 Å². The molecule has 80 valence electrons. The van der Waals surface area contributed by atoms with Crippen LogP contribution in [-0.4, -0.2) is 40.8 Å². The summed E-state index contributed by atoms with van der Waals surface area (Å²) in [6, 6.07) is 0.109. The molecule has 1 amide bonds. The molecule has 0 spiro atoms. The lowest BCUT2D eigenvalue weighted by Gasteiger charge is -2.33. The summed E-state index contributed by atoms with van der Waals surface area (Å²) in [5.41, 5.74) is 0. The number of nitrogens with zero attached hydrogens (tertiary/aromatic N) is 1. The van der Waals surface area contributed by atoms with Gasteiger partial charge in [0.05, 0.1) is 0 Å². The molecule has 2 atom stereocenters. The maximum absolute atomic E-state index is 12.7. The zero-order valence-electron chi connectivity index (χ0n) is 8.00. The first-order valence-electron chi connectivity index (χ1n) is 4.78. The minimum Gasteiger partial charge on any atom is -0.338 e. The second kappa shape index (κ2) is 3.36. The number of carbonyl (C=O) groups is 1. The van der Waals surface area contributed by atoms with Gasteiger partial charge in [-0.3, -0.25) is 4.79 Å². The van der Waals surface area contributed by atoms with Crippen molar-refractivity contribution in [3.05, 3.63) is 0 Å². The third-order valence-corrected chi connectivity index (χ3v) is 3.96. The van der Waals surface area contributed by atoms with Crippen LogP contribution >= 0.6 is 11.8 Å². The maximum Gasteiger partial charge on any atom is 0.260 e. The lowest BCUT2D eigenvalue weighted by Crippen LogP contribution is -2.45. The molecule has 2 fully saturated rings. The average Bonchev–Trinajstić information content (AvgIpc) is 2.75. The molecule has 0 N–H and O–H groups in total. The van der Waals surface area contributed by atoms with Crippen molar-refractivity contribution in [1.29, 1.82) is 0 Å². The normalized spacial score (nSPS) is 35.5. The fraction of sp³-hybridized carbons (Fsp3) is 0.889. The van der Waals surface area contributed by atoms with E-state index in [1.165, 1.54) is 0 Å². The second-order valence-corrected chi connectivity index (χ2v) is 5.12. The van der Waals surface area contributed by atoms with E-state index in [2.05, 4.69) is 0 Å². The Morgan fingerprint density at radius 2 is 2.21 bits per heavy atom. The Bertz CT molecular complexity index is 259. The van der Waals surface area contributed by atoms with Crippen LogP contribution in [0.2, 0.25) is 0 Å². The van der Waals surface area contributed by atoms with Crippen LogP contribution in [0.15, 0.2) is 0 Å².